The number of rotatable bonds is 3. The summed E-state index contributed by atoms with van der Waals surface area (Å²) in [5.74, 6) is -0.0716. The van der Waals surface area contributed by atoms with Gasteiger partial charge in [0.2, 0.25) is 5.91 Å². The van der Waals surface area contributed by atoms with Crippen LogP contribution in [0.5, 0.6) is 0 Å². The molecule has 31 heavy (non-hydrogen) atoms. The van der Waals surface area contributed by atoms with Crippen LogP contribution in [0.25, 0.3) is 0 Å². The molecule has 2 aliphatic rings. The number of H-pyrrole nitrogens is 1. The molecule has 2 aromatic carbocycles. The lowest BCUT2D eigenvalue weighted by atomic mass is 9.99. The molecule has 7 heteroatoms. The smallest absolute Gasteiger partial charge is 0.275 e. The molecular weight excluding hydrogens is 412 g/mol. The Morgan fingerprint density at radius 2 is 1.68 bits per heavy atom. The van der Waals surface area contributed by atoms with Gasteiger partial charge in [0.1, 0.15) is 0 Å². The highest BCUT2D eigenvalue weighted by atomic mass is 35.5. The van der Waals surface area contributed by atoms with Crippen molar-refractivity contribution in [3.8, 4) is 0 Å². The maximum absolute atomic E-state index is 13.3. The van der Waals surface area contributed by atoms with E-state index in [1.807, 2.05) is 35.2 Å². The Balaban J connectivity index is 1.32. The summed E-state index contributed by atoms with van der Waals surface area (Å²) in [5, 5.41) is 7.97. The first-order chi connectivity index (χ1) is 15.1. The van der Waals surface area contributed by atoms with E-state index in [2.05, 4.69) is 22.3 Å². The molecule has 2 aliphatic heterocycles. The lowest BCUT2D eigenvalue weighted by molar-refractivity contribution is -0.131. The van der Waals surface area contributed by atoms with E-state index in [1.54, 1.807) is 11.0 Å². The number of hydrogen-bond donors (Lipinski definition) is 1. The van der Waals surface area contributed by atoms with E-state index in [0.29, 0.717) is 43.3 Å². The molecule has 0 radical (unpaired) electrons. The Hall–Kier alpha value is -3.12. The second-order valence-electron chi connectivity index (χ2n) is 8.11. The van der Waals surface area contributed by atoms with E-state index in [9.17, 15) is 9.59 Å². The Morgan fingerprint density at radius 3 is 2.52 bits per heavy atom. The van der Waals surface area contributed by atoms with E-state index in [0.717, 1.165) is 23.2 Å². The van der Waals surface area contributed by atoms with Gasteiger partial charge >= 0.3 is 0 Å². The molecule has 1 N–H and O–H groups in total. The van der Waals surface area contributed by atoms with Crippen molar-refractivity contribution < 1.29 is 9.59 Å². The second kappa shape index (κ2) is 8.19. The molecule has 0 atom stereocenters. The fourth-order valence-electron chi connectivity index (χ4n) is 4.42. The van der Waals surface area contributed by atoms with Crippen LogP contribution in [0.2, 0.25) is 5.02 Å². The molecule has 158 valence electrons. The molecule has 0 aliphatic carbocycles. The van der Waals surface area contributed by atoms with Gasteiger partial charge in [-0.1, -0.05) is 54.1 Å². The third-order valence-corrected chi connectivity index (χ3v) is 6.57. The predicted octanol–water partition coefficient (Wildman–Crippen LogP) is 3.39. The lowest BCUT2D eigenvalue weighted by Crippen LogP contribution is -2.39. The average molecular weight is 435 g/mol. The van der Waals surface area contributed by atoms with Crippen molar-refractivity contribution >= 4 is 23.4 Å². The standard InChI is InChI=1S/C24H23ClN4O2/c25-20-8-4-3-6-17(20)13-22(30)28-12-10-21-19(15-28)23(27-26-21)24(31)29-11-9-16-5-1-2-7-18(16)14-29/h1-8H,9-15H2,(H,26,27). The molecular formula is C24H23ClN4O2. The number of hydrogen-bond acceptors (Lipinski definition) is 3. The molecule has 2 amide bonds. The number of aromatic nitrogens is 2. The number of carbonyl (C=O) groups excluding carboxylic acids is 2. The van der Waals surface area contributed by atoms with Crippen LogP contribution >= 0.6 is 11.6 Å². The van der Waals surface area contributed by atoms with Crippen LogP contribution in [0, 0.1) is 0 Å². The summed E-state index contributed by atoms with van der Waals surface area (Å²) in [6.45, 7) is 2.25. The van der Waals surface area contributed by atoms with Crippen molar-refractivity contribution in [3.63, 3.8) is 0 Å². The summed E-state index contributed by atoms with van der Waals surface area (Å²) in [5.41, 5.74) is 5.51. The fraction of sp³-hybridized carbons (Fsp3) is 0.292. The average Bonchev–Trinajstić information content (AvgIpc) is 3.23. The highest BCUT2D eigenvalue weighted by Gasteiger charge is 2.31. The number of fused-ring (bicyclic) bond motifs is 2. The summed E-state index contributed by atoms with van der Waals surface area (Å²) in [6, 6.07) is 15.6. The minimum absolute atomic E-state index is 0.00486. The van der Waals surface area contributed by atoms with Gasteiger partial charge in [-0.25, -0.2) is 0 Å². The first-order valence-electron chi connectivity index (χ1n) is 10.5. The molecule has 0 fully saturated rings. The van der Waals surface area contributed by atoms with Crippen LogP contribution in [0.15, 0.2) is 48.5 Å². The molecule has 3 aromatic rings. The summed E-state index contributed by atoms with van der Waals surface area (Å²) >= 11 is 6.22. The quantitative estimate of drug-likeness (QED) is 0.687. The Labute approximate surface area is 185 Å². The molecule has 0 spiro atoms. The number of nitrogens with one attached hydrogen (secondary N) is 1. The number of halogens is 1. The normalized spacial score (nSPS) is 15.4. The molecule has 0 saturated carbocycles. The number of nitrogens with zero attached hydrogens (tertiary/aromatic N) is 3. The van der Waals surface area contributed by atoms with E-state index in [4.69, 9.17) is 11.6 Å². The number of aromatic amines is 1. The van der Waals surface area contributed by atoms with Crippen molar-refractivity contribution in [1.29, 1.82) is 0 Å². The topological polar surface area (TPSA) is 69.3 Å². The molecule has 0 bridgehead atoms. The van der Waals surface area contributed by atoms with Crippen molar-refractivity contribution in [2.24, 2.45) is 0 Å². The van der Waals surface area contributed by atoms with Crippen LogP contribution in [0.3, 0.4) is 0 Å². The summed E-state index contributed by atoms with van der Waals surface area (Å²) in [4.78, 5) is 29.8. The SMILES string of the molecule is O=C(Cc1ccccc1Cl)N1CCc2[nH]nc(C(=O)N3CCc4ccccc4C3)c2C1. The van der Waals surface area contributed by atoms with Gasteiger partial charge in [0, 0.05) is 48.9 Å². The Bertz CT molecular complexity index is 1160. The zero-order valence-electron chi connectivity index (χ0n) is 17.1. The van der Waals surface area contributed by atoms with Crippen LogP contribution in [0.4, 0.5) is 0 Å². The van der Waals surface area contributed by atoms with Crippen molar-refractivity contribution in [2.45, 2.75) is 32.4 Å². The monoisotopic (exact) mass is 434 g/mol. The Morgan fingerprint density at radius 1 is 0.935 bits per heavy atom. The van der Waals surface area contributed by atoms with E-state index < -0.39 is 0 Å². The molecule has 5 rings (SSSR count). The van der Waals surface area contributed by atoms with Crippen molar-refractivity contribution in [1.82, 2.24) is 20.0 Å². The lowest BCUT2D eigenvalue weighted by Gasteiger charge is -2.30. The largest absolute Gasteiger partial charge is 0.338 e. The minimum Gasteiger partial charge on any atom is -0.338 e. The van der Waals surface area contributed by atoms with Gasteiger partial charge in [0.15, 0.2) is 5.69 Å². The van der Waals surface area contributed by atoms with Crippen LogP contribution in [0.1, 0.15) is 38.4 Å². The zero-order valence-corrected chi connectivity index (χ0v) is 17.9. The first-order valence-corrected chi connectivity index (χ1v) is 10.9. The van der Waals surface area contributed by atoms with Gasteiger partial charge in [-0.15, -0.1) is 0 Å². The van der Waals surface area contributed by atoms with Gasteiger partial charge in [-0.05, 0) is 29.2 Å². The van der Waals surface area contributed by atoms with Gasteiger partial charge < -0.3 is 9.80 Å². The molecule has 0 saturated heterocycles. The van der Waals surface area contributed by atoms with Gasteiger partial charge in [0.25, 0.3) is 5.91 Å². The highest BCUT2D eigenvalue weighted by Crippen LogP contribution is 2.25. The van der Waals surface area contributed by atoms with E-state index in [-0.39, 0.29) is 18.2 Å². The van der Waals surface area contributed by atoms with Gasteiger partial charge in [-0.3, -0.25) is 14.7 Å². The van der Waals surface area contributed by atoms with Crippen LogP contribution in [-0.2, 0) is 37.1 Å². The summed E-state index contributed by atoms with van der Waals surface area (Å²) < 4.78 is 0. The molecule has 3 heterocycles. The third-order valence-electron chi connectivity index (χ3n) is 6.21. The van der Waals surface area contributed by atoms with Gasteiger partial charge in [-0.2, -0.15) is 5.10 Å². The van der Waals surface area contributed by atoms with Crippen molar-refractivity contribution in [2.75, 3.05) is 13.1 Å². The third kappa shape index (κ3) is 3.83. The number of carbonyl (C=O) groups is 2. The molecule has 1 aromatic heterocycles. The van der Waals surface area contributed by atoms with E-state index in [1.165, 1.54) is 11.1 Å². The minimum atomic E-state index is -0.0765. The van der Waals surface area contributed by atoms with Crippen LogP contribution < -0.4 is 0 Å². The summed E-state index contributed by atoms with van der Waals surface area (Å²) in [6.07, 6.45) is 1.75. The Kier molecular flexibility index (Phi) is 5.24. The zero-order chi connectivity index (χ0) is 21.4. The van der Waals surface area contributed by atoms with Gasteiger partial charge in [0.05, 0.1) is 6.42 Å². The maximum atomic E-state index is 13.3. The van der Waals surface area contributed by atoms with Crippen LogP contribution in [-0.4, -0.2) is 44.9 Å². The first kappa shape index (κ1) is 19.8. The number of benzene rings is 2. The highest BCUT2D eigenvalue weighted by molar-refractivity contribution is 6.31. The predicted molar refractivity (Wildman–Crippen MR) is 118 cm³/mol. The molecule has 6 nitrogen and oxygen atoms in total. The second-order valence-corrected chi connectivity index (χ2v) is 8.52. The fourth-order valence-corrected chi connectivity index (χ4v) is 4.62. The number of amides is 2. The summed E-state index contributed by atoms with van der Waals surface area (Å²) in [7, 11) is 0. The van der Waals surface area contributed by atoms with Crippen molar-refractivity contribution in [3.05, 3.63) is 87.2 Å². The van der Waals surface area contributed by atoms with E-state index >= 15 is 0 Å². The molecule has 0 unspecified atom stereocenters. The maximum Gasteiger partial charge on any atom is 0.275 e.